The van der Waals surface area contributed by atoms with Crippen LogP contribution in [0.15, 0.2) is 17.1 Å². The molecule has 4 N–H and O–H groups in total. The van der Waals surface area contributed by atoms with E-state index in [4.69, 9.17) is 14.9 Å². The van der Waals surface area contributed by atoms with Crippen molar-refractivity contribution in [3.63, 3.8) is 0 Å². The monoisotopic (exact) mass is 433 g/mol. The van der Waals surface area contributed by atoms with Gasteiger partial charge in [0.05, 0.1) is 6.61 Å². The molecule has 1 fully saturated rings. The first-order valence-electron chi connectivity index (χ1n) is 10.7. The first-order chi connectivity index (χ1) is 14.4. The predicted molar refractivity (Wildman–Crippen MR) is 108 cm³/mol. The van der Waals surface area contributed by atoms with Crippen molar-refractivity contribution < 1.29 is 28.8 Å². The zero-order chi connectivity index (χ0) is 22.0. The summed E-state index contributed by atoms with van der Waals surface area (Å²) in [5.74, 6) is -3.42. The predicted octanol–water partition coefficient (Wildman–Crippen LogP) is 2.04. The van der Waals surface area contributed by atoms with Gasteiger partial charge in [0, 0.05) is 19.3 Å². The summed E-state index contributed by atoms with van der Waals surface area (Å²) in [6.45, 7) is 0.110. The van der Waals surface area contributed by atoms with E-state index in [0.717, 1.165) is 44.7 Å². The third-order valence-corrected chi connectivity index (χ3v) is 5.28. The molecule has 3 atom stereocenters. The maximum Gasteiger partial charge on any atom is 0.351 e. The Balaban J connectivity index is 1.71. The van der Waals surface area contributed by atoms with Crippen LogP contribution in [0.1, 0.15) is 64.0 Å². The number of aromatic nitrogens is 2. The molecular weight excluding hydrogens is 400 g/mol. The maximum atomic E-state index is 14.2. The van der Waals surface area contributed by atoms with Crippen molar-refractivity contribution in [1.82, 2.24) is 9.55 Å². The van der Waals surface area contributed by atoms with Crippen LogP contribution in [-0.4, -0.2) is 62.8 Å². The second-order valence-corrected chi connectivity index (χ2v) is 7.66. The maximum absolute atomic E-state index is 14.2. The number of unbranched alkanes of at least 4 members (excludes halogenated alkanes) is 8. The van der Waals surface area contributed by atoms with Crippen LogP contribution in [0.3, 0.4) is 0 Å². The van der Waals surface area contributed by atoms with Crippen LogP contribution in [0.25, 0.3) is 0 Å². The molecule has 0 aliphatic carbocycles. The van der Waals surface area contributed by atoms with Crippen molar-refractivity contribution in [3.8, 4) is 0 Å². The zero-order valence-electron chi connectivity index (χ0n) is 17.2. The van der Waals surface area contributed by atoms with E-state index in [9.17, 15) is 18.7 Å². The minimum absolute atomic E-state index is 0.269. The number of hydrogen-bond donors (Lipinski definition) is 4. The molecule has 2 heterocycles. The van der Waals surface area contributed by atoms with Crippen LogP contribution in [0.4, 0.5) is 14.6 Å². The number of alkyl halides is 2. The lowest BCUT2D eigenvalue weighted by Gasteiger charge is -2.21. The molecule has 0 bridgehead atoms. The number of halogens is 2. The van der Waals surface area contributed by atoms with Crippen LogP contribution < -0.4 is 11.0 Å². The van der Waals surface area contributed by atoms with Gasteiger partial charge >= 0.3 is 11.6 Å². The molecule has 1 aliphatic rings. The van der Waals surface area contributed by atoms with Crippen LogP contribution in [0, 0.1) is 0 Å². The summed E-state index contributed by atoms with van der Waals surface area (Å²) in [5, 5.41) is 30.3. The second-order valence-electron chi connectivity index (χ2n) is 7.66. The van der Waals surface area contributed by atoms with Crippen molar-refractivity contribution in [2.24, 2.45) is 0 Å². The molecule has 1 aromatic rings. The summed E-state index contributed by atoms with van der Waals surface area (Å²) >= 11 is 0. The van der Waals surface area contributed by atoms with Gasteiger partial charge < -0.3 is 25.4 Å². The van der Waals surface area contributed by atoms with Crippen molar-refractivity contribution >= 4 is 5.82 Å². The molecule has 0 unspecified atom stereocenters. The molecule has 1 saturated heterocycles. The van der Waals surface area contributed by atoms with Gasteiger partial charge in [-0.25, -0.2) is 4.79 Å². The van der Waals surface area contributed by atoms with Gasteiger partial charge in [-0.3, -0.25) is 4.57 Å². The fraction of sp³-hybridized carbons (Fsp3) is 0.800. The van der Waals surface area contributed by atoms with Crippen LogP contribution in [0.2, 0.25) is 0 Å². The number of ether oxygens (including phenoxy) is 1. The van der Waals surface area contributed by atoms with E-state index in [1.54, 1.807) is 0 Å². The van der Waals surface area contributed by atoms with Gasteiger partial charge in [0.25, 0.3) is 0 Å². The van der Waals surface area contributed by atoms with E-state index in [1.165, 1.54) is 25.3 Å². The van der Waals surface area contributed by atoms with E-state index in [1.807, 2.05) is 0 Å². The highest BCUT2D eigenvalue weighted by atomic mass is 19.3. The quantitative estimate of drug-likeness (QED) is 0.332. The molecule has 1 aromatic heterocycles. The number of nitrogens with one attached hydrogen (secondary N) is 1. The number of hydrogen-bond acceptors (Lipinski definition) is 7. The normalized spacial score (nSPS) is 23.0. The standard InChI is InChI=1S/C20H33F2N3O5/c21-20(22)17(28)15(14-27)30-18(20)25-12-10-16(24-19(25)29)23-11-8-6-4-2-1-3-5-7-9-13-26/h10,12,15,17-18,26-28H,1-9,11,13-14H2,(H,23,24,29)/t15-,17-,18-/m1/s1. The lowest BCUT2D eigenvalue weighted by molar-refractivity contribution is -0.140. The zero-order valence-corrected chi connectivity index (χ0v) is 17.2. The largest absolute Gasteiger partial charge is 0.396 e. The molecule has 172 valence electrons. The van der Waals surface area contributed by atoms with Crippen LogP contribution in [0.5, 0.6) is 0 Å². The minimum atomic E-state index is -3.72. The van der Waals surface area contributed by atoms with Gasteiger partial charge in [0.15, 0.2) is 6.10 Å². The van der Waals surface area contributed by atoms with Crippen LogP contribution >= 0.6 is 0 Å². The minimum Gasteiger partial charge on any atom is -0.396 e. The molecule has 8 nitrogen and oxygen atoms in total. The number of rotatable bonds is 14. The van der Waals surface area contributed by atoms with E-state index in [-0.39, 0.29) is 6.61 Å². The summed E-state index contributed by atoms with van der Waals surface area (Å²) in [6, 6.07) is 1.41. The molecule has 10 heteroatoms. The lowest BCUT2D eigenvalue weighted by Crippen LogP contribution is -2.41. The number of anilines is 1. The number of aliphatic hydroxyl groups is 3. The van der Waals surface area contributed by atoms with Gasteiger partial charge in [-0.05, 0) is 18.9 Å². The molecule has 0 saturated carbocycles. The highest BCUT2D eigenvalue weighted by molar-refractivity contribution is 5.31. The Morgan fingerprint density at radius 1 is 1.07 bits per heavy atom. The molecule has 1 aliphatic heterocycles. The summed E-state index contributed by atoms with van der Waals surface area (Å²) in [6.07, 6.45) is 5.24. The Hall–Kier alpha value is -1.62. The average molecular weight is 433 g/mol. The van der Waals surface area contributed by atoms with Gasteiger partial charge in [-0.1, -0.05) is 44.9 Å². The van der Waals surface area contributed by atoms with E-state index < -0.39 is 36.7 Å². The van der Waals surface area contributed by atoms with Crippen molar-refractivity contribution in [2.45, 2.75) is 82.1 Å². The fourth-order valence-electron chi connectivity index (χ4n) is 3.50. The highest BCUT2D eigenvalue weighted by Crippen LogP contribution is 2.41. The van der Waals surface area contributed by atoms with Gasteiger partial charge in [0.2, 0.25) is 6.23 Å². The Labute approximate surface area is 174 Å². The van der Waals surface area contributed by atoms with E-state index in [2.05, 4.69) is 10.3 Å². The fourth-order valence-corrected chi connectivity index (χ4v) is 3.50. The van der Waals surface area contributed by atoms with E-state index >= 15 is 0 Å². The topological polar surface area (TPSA) is 117 Å². The van der Waals surface area contributed by atoms with Crippen LogP contribution in [-0.2, 0) is 4.74 Å². The van der Waals surface area contributed by atoms with Crippen molar-refractivity contribution in [1.29, 1.82) is 0 Å². The Kier molecular flexibility index (Phi) is 10.1. The number of aliphatic hydroxyl groups excluding tert-OH is 3. The SMILES string of the molecule is O=c1nc(NCCCCCCCCCCCO)ccn1[C@@H]1O[C@H](CO)[C@@H](O)C1(F)F. The molecular formula is C20H33F2N3O5. The molecule has 2 rings (SSSR count). The Morgan fingerprint density at radius 3 is 2.20 bits per heavy atom. The summed E-state index contributed by atoms with van der Waals surface area (Å²) < 4.78 is 33.9. The number of nitrogens with zero attached hydrogens (tertiary/aromatic N) is 2. The van der Waals surface area contributed by atoms with E-state index in [0.29, 0.717) is 16.9 Å². The Bertz CT molecular complexity index is 689. The summed E-state index contributed by atoms with van der Waals surface area (Å²) in [4.78, 5) is 15.9. The van der Waals surface area contributed by atoms with Gasteiger partial charge in [-0.2, -0.15) is 13.8 Å². The smallest absolute Gasteiger partial charge is 0.351 e. The summed E-state index contributed by atoms with van der Waals surface area (Å²) in [5.41, 5.74) is -0.920. The van der Waals surface area contributed by atoms with Crippen molar-refractivity contribution in [3.05, 3.63) is 22.7 Å². The van der Waals surface area contributed by atoms with Gasteiger partial charge in [-0.15, -0.1) is 0 Å². The average Bonchev–Trinajstić information content (AvgIpc) is 2.95. The summed E-state index contributed by atoms with van der Waals surface area (Å²) in [7, 11) is 0. The lowest BCUT2D eigenvalue weighted by atomic mass is 10.1. The van der Waals surface area contributed by atoms with Gasteiger partial charge in [0.1, 0.15) is 11.9 Å². The second kappa shape index (κ2) is 12.3. The molecule has 0 spiro atoms. The molecule has 0 aromatic carbocycles. The third kappa shape index (κ3) is 6.69. The molecule has 0 radical (unpaired) electrons. The third-order valence-electron chi connectivity index (χ3n) is 5.28. The van der Waals surface area contributed by atoms with Crippen molar-refractivity contribution in [2.75, 3.05) is 25.1 Å². The first kappa shape index (κ1) is 24.6. The molecule has 0 amide bonds. The Morgan fingerprint density at radius 2 is 1.67 bits per heavy atom. The first-order valence-corrected chi connectivity index (χ1v) is 10.7. The molecule has 30 heavy (non-hydrogen) atoms. The highest BCUT2D eigenvalue weighted by Gasteiger charge is 2.59.